The topological polar surface area (TPSA) is 49.8 Å². The average molecular weight is 192 g/mol. The van der Waals surface area contributed by atoms with Crippen molar-refractivity contribution in [2.75, 3.05) is 5.75 Å². The summed E-state index contributed by atoms with van der Waals surface area (Å²) in [5.41, 5.74) is 6.85. The normalized spacial score (nSPS) is 12.1. The molecule has 0 saturated carbocycles. The van der Waals surface area contributed by atoms with Crippen LogP contribution >= 0.6 is 11.8 Å². The molecular weight excluding hydrogens is 180 g/mol. The van der Waals surface area contributed by atoms with E-state index in [1.165, 1.54) is 11.8 Å². The zero-order valence-electron chi connectivity index (χ0n) is 7.53. The van der Waals surface area contributed by atoms with Crippen LogP contribution in [0.3, 0.4) is 0 Å². The molecule has 1 rings (SSSR count). The molecule has 1 unspecified atom stereocenters. The van der Waals surface area contributed by atoms with Gasteiger partial charge in [-0.05, 0) is 24.6 Å². The highest BCUT2D eigenvalue weighted by molar-refractivity contribution is 7.99. The SMILES string of the molecule is CC(N)c1cccc(SCC#N)c1. The van der Waals surface area contributed by atoms with Crippen LogP contribution in [0.15, 0.2) is 29.2 Å². The van der Waals surface area contributed by atoms with Gasteiger partial charge in [0.15, 0.2) is 0 Å². The van der Waals surface area contributed by atoms with Crippen LogP contribution in [-0.4, -0.2) is 5.75 Å². The summed E-state index contributed by atoms with van der Waals surface area (Å²) in [5, 5.41) is 8.41. The Balaban J connectivity index is 2.75. The number of thioether (sulfide) groups is 1. The van der Waals surface area contributed by atoms with Crippen molar-refractivity contribution in [2.24, 2.45) is 5.73 Å². The molecule has 0 radical (unpaired) electrons. The molecule has 0 fully saturated rings. The Bertz CT molecular complexity index is 315. The first-order chi connectivity index (χ1) is 6.24. The van der Waals surface area contributed by atoms with Crippen LogP contribution in [-0.2, 0) is 0 Å². The van der Waals surface area contributed by atoms with Crippen LogP contribution < -0.4 is 5.73 Å². The smallest absolute Gasteiger partial charge is 0.0855 e. The Morgan fingerprint density at radius 2 is 2.38 bits per heavy atom. The molecule has 68 valence electrons. The third-order valence-electron chi connectivity index (χ3n) is 1.69. The van der Waals surface area contributed by atoms with Crippen LogP contribution in [0.2, 0.25) is 0 Å². The van der Waals surface area contributed by atoms with Gasteiger partial charge in [0.05, 0.1) is 11.8 Å². The first kappa shape index (κ1) is 10.1. The van der Waals surface area contributed by atoms with Gasteiger partial charge in [-0.15, -0.1) is 11.8 Å². The summed E-state index contributed by atoms with van der Waals surface area (Å²) in [7, 11) is 0. The number of benzene rings is 1. The Morgan fingerprint density at radius 3 is 3.00 bits per heavy atom. The van der Waals surface area contributed by atoms with Crippen molar-refractivity contribution in [1.29, 1.82) is 5.26 Å². The average Bonchev–Trinajstić information content (AvgIpc) is 2.15. The van der Waals surface area contributed by atoms with E-state index in [0.717, 1.165) is 10.5 Å². The van der Waals surface area contributed by atoms with E-state index in [0.29, 0.717) is 5.75 Å². The summed E-state index contributed by atoms with van der Waals surface area (Å²) in [6.45, 7) is 1.95. The molecule has 2 nitrogen and oxygen atoms in total. The number of hydrogen-bond donors (Lipinski definition) is 1. The van der Waals surface area contributed by atoms with Gasteiger partial charge in [-0.1, -0.05) is 12.1 Å². The molecule has 3 heteroatoms. The first-order valence-corrected chi connectivity index (χ1v) is 5.08. The van der Waals surface area contributed by atoms with Crippen LogP contribution in [0, 0.1) is 11.3 Å². The molecule has 1 atom stereocenters. The lowest BCUT2D eigenvalue weighted by Crippen LogP contribution is -2.04. The van der Waals surface area contributed by atoms with Gasteiger partial charge in [0.25, 0.3) is 0 Å². The molecule has 0 aliphatic rings. The third kappa shape index (κ3) is 3.10. The molecule has 0 aliphatic carbocycles. The second-order valence-electron chi connectivity index (χ2n) is 2.81. The van der Waals surface area contributed by atoms with E-state index in [9.17, 15) is 0 Å². The first-order valence-electron chi connectivity index (χ1n) is 4.09. The lowest BCUT2D eigenvalue weighted by Gasteiger charge is -2.06. The predicted octanol–water partition coefficient (Wildman–Crippen LogP) is 2.32. The minimum absolute atomic E-state index is 0.0580. The number of hydrogen-bond acceptors (Lipinski definition) is 3. The van der Waals surface area contributed by atoms with Crippen LogP contribution in [0.1, 0.15) is 18.5 Å². The molecule has 1 aromatic rings. The summed E-state index contributed by atoms with van der Waals surface area (Å²) in [4.78, 5) is 1.11. The van der Waals surface area contributed by atoms with Gasteiger partial charge in [-0.25, -0.2) is 0 Å². The maximum Gasteiger partial charge on any atom is 0.0855 e. The fraction of sp³-hybridized carbons (Fsp3) is 0.300. The summed E-state index contributed by atoms with van der Waals surface area (Å²) >= 11 is 1.54. The van der Waals surface area contributed by atoms with Crippen molar-refractivity contribution in [3.63, 3.8) is 0 Å². The molecule has 0 aromatic heterocycles. The summed E-state index contributed by atoms with van der Waals surface area (Å²) in [5.74, 6) is 0.488. The van der Waals surface area contributed by atoms with E-state index in [2.05, 4.69) is 6.07 Å². The minimum atomic E-state index is 0.0580. The zero-order valence-corrected chi connectivity index (χ0v) is 8.34. The van der Waals surface area contributed by atoms with Gasteiger partial charge >= 0.3 is 0 Å². The van der Waals surface area contributed by atoms with E-state index in [4.69, 9.17) is 11.0 Å². The Labute approximate surface area is 82.7 Å². The Hall–Kier alpha value is -0.980. The van der Waals surface area contributed by atoms with Crippen molar-refractivity contribution in [3.05, 3.63) is 29.8 Å². The number of rotatable bonds is 3. The molecule has 0 amide bonds. The van der Waals surface area contributed by atoms with E-state index < -0.39 is 0 Å². The van der Waals surface area contributed by atoms with Crippen LogP contribution in [0.5, 0.6) is 0 Å². The standard InChI is InChI=1S/C10H12N2S/c1-8(12)9-3-2-4-10(7-9)13-6-5-11/h2-4,7-8H,6,12H2,1H3. The fourth-order valence-corrected chi connectivity index (χ4v) is 1.63. The van der Waals surface area contributed by atoms with E-state index >= 15 is 0 Å². The molecular formula is C10H12N2S. The maximum atomic E-state index is 8.41. The Kier molecular flexibility index (Phi) is 3.81. The van der Waals surface area contributed by atoms with Gasteiger partial charge in [0.2, 0.25) is 0 Å². The van der Waals surface area contributed by atoms with Crippen LogP contribution in [0.4, 0.5) is 0 Å². The molecule has 0 heterocycles. The van der Waals surface area contributed by atoms with Crippen molar-refractivity contribution < 1.29 is 0 Å². The molecule has 1 aromatic carbocycles. The maximum absolute atomic E-state index is 8.41. The number of nitrogens with zero attached hydrogens (tertiary/aromatic N) is 1. The summed E-state index contributed by atoms with van der Waals surface area (Å²) < 4.78 is 0. The van der Waals surface area contributed by atoms with Gasteiger partial charge in [-0.2, -0.15) is 5.26 Å². The molecule has 0 spiro atoms. The quantitative estimate of drug-likeness (QED) is 0.748. The number of nitriles is 1. The van der Waals surface area contributed by atoms with E-state index in [1.807, 2.05) is 31.2 Å². The zero-order chi connectivity index (χ0) is 9.68. The second kappa shape index (κ2) is 4.90. The fourth-order valence-electron chi connectivity index (χ4n) is 1.00. The van der Waals surface area contributed by atoms with Crippen molar-refractivity contribution in [1.82, 2.24) is 0 Å². The highest BCUT2D eigenvalue weighted by atomic mass is 32.2. The van der Waals surface area contributed by atoms with Crippen molar-refractivity contribution >= 4 is 11.8 Å². The largest absolute Gasteiger partial charge is 0.324 e. The number of nitrogens with two attached hydrogens (primary N) is 1. The predicted molar refractivity (Wildman–Crippen MR) is 55.4 cm³/mol. The van der Waals surface area contributed by atoms with Gasteiger partial charge in [-0.3, -0.25) is 0 Å². The monoisotopic (exact) mass is 192 g/mol. The van der Waals surface area contributed by atoms with Gasteiger partial charge < -0.3 is 5.73 Å². The lowest BCUT2D eigenvalue weighted by atomic mass is 10.1. The molecule has 0 aliphatic heterocycles. The highest BCUT2D eigenvalue weighted by Crippen LogP contribution is 2.20. The lowest BCUT2D eigenvalue weighted by molar-refractivity contribution is 0.815. The molecule has 0 bridgehead atoms. The van der Waals surface area contributed by atoms with Crippen molar-refractivity contribution in [3.8, 4) is 6.07 Å². The van der Waals surface area contributed by atoms with E-state index in [1.54, 1.807) is 0 Å². The third-order valence-corrected chi connectivity index (χ3v) is 2.55. The van der Waals surface area contributed by atoms with Gasteiger partial charge in [0, 0.05) is 10.9 Å². The molecule has 0 saturated heterocycles. The molecule has 13 heavy (non-hydrogen) atoms. The summed E-state index contributed by atoms with van der Waals surface area (Å²) in [6, 6.07) is 10.2. The van der Waals surface area contributed by atoms with Crippen molar-refractivity contribution in [2.45, 2.75) is 17.9 Å². The van der Waals surface area contributed by atoms with E-state index in [-0.39, 0.29) is 6.04 Å². The highest BCUT2D eigenvalue weighted by Gasteiger charge is 2.00. The molecule has 2 N–H and O–H groups in total. The Morgan fingerprint density at radius 1 is 1.62 bits per heavy atom. The minimum Gasteiger partial charge on any atom is -0.324 e. The van der Waals surface area contributed by atoms with Gasteiger partial charge in [0.1, 0.15) is 0 Å². The summed E-state index contributed by atoms with van der Waals surface area (Å²) in [6.07, 6.45) is 0. The van der Waals surface area contributed by atoms with Crippen LogP contribution in [0.25, 0.3) is 0 Å². The second-order valence-corrected chi connectivity index (χ2v) is 3.86.